The summed E-state index contributed by atoms with van der Waals surface area (Å²) in [5.41, 5.74) is 6.48. The Morgan fingerprint density at radius 2 is 2.07 bits per heavy atom. The molecule has 0 saturated carbocycles. The number of rotatable bonds is 5. The molecule has 3 aromatic rings. The number of hydrogen-bond donors (Lipinski definition) is 0. The molecule has 1 aromatic carbocycles. The first kappa shape index (κ1) is 20.4. The standard InChI is InChI=1S/C24H30N4O2/c1-15-8-6-9-18(14-15)20-10-7-13-28(20)21(29)12-11-19-16(2)22-23(25-17(19)3)27(4)26-24(22)30-5/h6,8-9,14,20H,7,10-13H2,1-5H3. The minimum absolute atomic E-state index is 0.193. The number of methoxy groups -OCH3 is 1. The normalized spacial score (nSPS) is 16.4. The summed E-state index contributed by atoms with van der Waals surface area (Å²) in [6.07, 6.45) is 3.25. The van der Waals surface area contributed by atoms with Crippen LogP contribution in [0.15, 0.2) is 24.3 Å². The molecule has 1 amide bonds. The smallest absolute Gasteiger partial charge is 0.242 e. The predicted molar refractivity (Wildman–Crippen MR) is 118 cm³/mol. The van der Waals surface area contributed by atoms with E-state index in [4.69, 9.17) is 9.72 Å². The average molecular weight is 407 g/mol. The van der Waals surface area contributed by atoms with E-state index in [0.29, 0.717) is 18.7 Å². The molecule has 1 aliphatic heterocycles. The minimum Gasteiger partial charge on any atom is -0.479 e. The fraction of sp³-hybridized carbons (Fsp3) is 0.458. The molecule has 1 aliphatic rings. The van der Waals surface area contributed by atoms with Crippen molar-refractivity contribution in [3.63, 3.8) is 0 Å². The number of aromatic nitrogens is 3. The number of carbonyl (C=O) groups is 1. The van der Waals surface area contributed by atoms with Crippen LogP contribution in [-0.4, -0.2) is 39.2 Å². The van der Waals surface area contributed by atoms with E-state index in [0.717, 1.165) is 47.2 Å². The molecule has 0 N–H and O–H groups in total. The molecule has 2 aromatic heterocycles. The second kappa shape index (κ2) is 8.09. The average Bonchev–Trinajstić information content (AvgIpc) is 3.33. The van der Waals surface area contributed by atoms with Crippen molar-refractivity contribution < 1.29 is 9.53 Å². The number of carbonyl (C=O) groups excluding carboxylic acids is 1. The summed E-state index contributed by atoms with van der Waals surface area (Å²) in [5.74, 6) is 0.806. The topological polar surface area (TPSA) is 60.2 Å². The number of hydrogen-bond acceptors (Lipinski definition) is 4. The Hall–Kier alpha value is -2.89. The largest absolute Gasteiger partial charge is 0.479 e. The van der Waals surface area contributed by atoms with Gasteiger partial charge in [0, 0.05) is 25.7 Å². The van der Waals surface area contributed by atoms with Crippen LogP contribution in [0.2, 0.25) is 0 Å². The molecule has 0 aliphatic carbocycles. The lowest BCUT2D eigenvalue weighted by Gasteiger charge is -2.26. The number of aryl methyl sites for hydroxylation is 4. The van der Waals surface area contributed by atoms with Gasteiger partial charge in [-0.2, -0.15) is 0 Å². The van der Waals surface area contributed by atoms with Gasteiger partial charge < -0.3 is 9.64 Å². The van der Waals surface area contributed by atoms with E-state index in [2.05, 4.69) is 48.1 Å². The molecule has 4 rings (SSSR count). The first-order chi connectivity index (χ1) is 14.4. The molecule has 158 valence electrons. The molecular formula is C24H30N4O2. The van der Waals surface area contributed by atoms with Crippen LogP contribution < -0.4 is 4.74 Å². The predicted octanol–water partition coefficient (Wildman–Crippen LogP) is 4.20. The van der Waals surface area contributed by atoms with Gasteiger partial charge in [-0.25, -0.2) is 9.67 Å². The zero-order valence-corrected chi connectivity index (χ0v) is 18.5. The Kier molecular flexibility index (Phi) is 5.50. The molecule has 6 nitrogen and oxygen atoms in total. The molecular weight excluding hydrogens is 376 g/mol. The summed E-state index contributed by atoms with van der Waals surface area (Å²) >= 11 is 0. The van der Waals surface area contributed by atoms with Crippen LogP contribution in [0.25, 0.3) is 11.0 Å². The molecule has 0 bridgehead atoms. The van der Waals surface area contributed by atoms with Crippen molar-refractivity contribution in [2.24, 2.45) is 7.05 Å². The van der Waals surface area contributed by atoms with Gasteiger partial charge in [0.2, 0.25) is 11.8 Å². The quantitative estimate of drug-likeness (QED) is 0.637. The van der Waals surface area contributed by atoms with Gasteiger partial charge in [0.25, 0.3) is 0 Å². The second-order valence-electron chi connectivity index (χ2n) is 8.29. The maximum Gasteiger partial charge on any atom is 0.242 e. The Bertz CT molecular complexity index is 1100. The van der Waals surface area contributed by atoms with E-state index < -0.39 is 0 Å². The van der Waals surface area contributed by atoms with E-state index in [1.54, 1.807) is 11.8 Å². The Morgan fingerprint density at radius 3 is 2.80 bits per heavy atom. The number of likely N-dealkylation sites (tertiary alicyclic amines) is 1. The zero-order chi connectivity index (χ0) is 21.4. The fourth-order valence-corrected chi connectivity index (χ4v) is 4.77. The van der Waals surface area contributed by atoms with Gasteiger partial charge in [-0.3, -0.25) is 4.79 Å². The minimum atomic E-state index is 0.193. The van der Waals surface area contributed by atoms with Crippen molar-refractivity contribution >= 4 is 16.9 Å². The van der Waals surface area contributed by atoms with Gasteiger partial charge >= 0.3 is 0 Å². The number of benzene rings is 1. The van der Waals surface area contributed by atoms with Crippen molar-refractivity contribution in [1.29, 1.82) is 0 Å². The fourth-order valence-electron chi connectivity index (χ4n) is 4.77. The summed E-state index contributed by atoms with van der Waals surface area (Å²) in [4.78, 5) is 20.0. The maximum atomic E-state index is 13.2. The van der Waals surface area contributed by atoms with E-state index in [-0.39, 0.29) is 11.9 Å². The lowest BCUT2D eigenvalue weighted by Crippen LogP contribution is -2.30. The van der Waals surface area contributed by atoms with Crippen molar-refractivity contribution in [3.8, 4) is 5.88 Å². The molecule has 30 heavy (non-hydrogen) atoms. The SMILES string of the molecule is COc1nn(C)c2nc(C)c(CCC(=O)N3CCCC3c3cccc(C)c3)c(C)c12. The number of nitrogens with zero attached hydrogens (tertiary/aromatic N) is 4. The molecule has 0 radical (unpaired) electrons. The summed E-state index contributed by atoms with van der Waals surface area (Å²) in [6, 6.07) is 8.73. The third-order valence-corrected chi connectivity index (χ3v) is 6.31. The van der Waals surface area contributed by atoms with Crippen LogP contribution in [0.1, 0.15) is 53.3 Å². The van der Waals surface area contributed by atoms with Crippen molar-refractivity contribution in [2.45, 2.75) is 52.5 Å². The molecule has 1 saturated heterocycles. The van der Waals surface area contributed by atoms with Gasteiger partial charge in [-0.05, 0) is 56.7 Å². The summed E-state index contributed by atoms with van der Waals surface area (Å²) in [7, 11) is 3.50. The van der Waals surface area contributed by atoms with Crippen LogP contribution in [0.4, 0.5) is 0 Å². The number of ether oxygens (including phenoxy) is 1. The van der Waals surface area contributed by atoms with Gasteiger partial charge in [-0.15, -0.1) is 5.10 Å². The van der Waals surface area contributed by atoms with Crippen molar-refractivity contribution in [3.05, 3.63) is 52.2 Å². The highest BCUT2D eigenvalue weighted by Gasteiger charge is 2.30. The molecule has 3 heterocycles. The van der Waals surface area contributed by atoms with Crippen LogP contribution in [0, 0.1) is 20.8 Å². The molecule has 1 fully saturated rings. The van der Waals surface area contributed by atoms with Gasteiger partial charge in [0.15, 0.2) is 5.65 Å². The van der Waals surface area contributed by atoms with Crippen LogP contribution in [0.5, 0.6) is 5.88 Å². The second-order valence-corrected chi connectivity index (χ2v) is 8.29. The van der Waals surface area contributed by atoms with Gasteiger partial charge in [-0.1, -0.05) is 29.8 Å². The Labute approximate surface area is 177 Å². The number of fused-ring (bicyclic) bond motifs is 1. The third kappa shape index (κ3) is 3.55. The van der Waals surface area contributed by atoms with Crippen molar-refractivity contribution in [1.82, 2.24) is 19.7 Å². The molecule has 6 heteroatoms. The monoisotopic (exact) mass is 406 g/mol. The third-order valence-electron chi connectivity index (χ3n) is 6.31. The van der Waals surface area contributed by atoms with E-state index in [9.17, 15) is 4.79 Å². The summed E-state index contributed by atoms with van der Waals surface area (Å²) < 4.78 is 7.21. The molecule has 1 unspecified atom stereocenters. The highest BCUT2D eigenvalue weighted by Crippen LogP contribution is 2.34. The number of amides is 1. The lowest BCUT2D eigenvalue weighted by molar-refractivity contribution is -0.132. The molecule has 1 atom stereocenters. The number of pyridine rings is 1. The van der Waals surface area contributed by atoms with E-state index in [1.807, 2.05) is 14.0 Å². The van der Waals surface area contributed by atoms with Gasteiger partial charge in [0.05, 0.1) is 18.5 Å². The first-order valence-corrected chi connectivity index (χ1v) is 10.6. The van der Waals surface area contributed by atoms with Crippen LogP contribution in [-0.2, 0) is 18.3 Å². The lowest BCUT2D eigenvalue weighted by atomic mass is 9.99. The Morgan fingerprint density at radius 1 is 1.27 bits per heavy atom. The van der Waals surface area contributed by atoms with Crippen LogP contribution in [0.3, 0.4) is 0 Å². The maximum absolute atomic E-state index is 13.2. The zero-order valence-electron chi connectivity index (χ0n) is 18.5. The van der Waals surface area contributed by atoms with Crippen molar-refractivity contribution in [2.75, 3.05) is 13.7 Å². The van der Waals surface area contributed by atoms with Crippen LogP contribution >= 0.6 is 0 Å². The summed E-state index contributed by atoms with van der Waals surface area (Å²) in [6.45, 7) is 7.03. The Balaban J connectivity index is 1.56. The van der Waals surface area contributed by atoms with E-state index in [1.165, 1.54) is 11.1 Å². The summed E-state index contributed by atoms with van der Waals surface area (Å²) in [5, 5.41) is 5.35. The first-order valence-electron chi connectivity index (χ1n) is 10.6. The van der Waals surface area contributed by atoms with Gasteiger partial charge in [0.1, 0.15) is 0 Å². The highest BCUT2D eigenvalue weighted by atomic mass is 16.5. The highest BCUT2D eigenvalue weighted by molar-refractivity contribution is 5.86. The molecule has 0 spiro atoms. The van der Waals surface area contributed by atoms with E-state index >= 15 is 0 Å².